The summed E-state index contributed by atoms with van der Waals surface area (Å²) in [5.41, 5.74) is 1.88. The summed E-state index contributed by atoms with van der Waals surface area (Å²) < 4.78 is 23.2. The number of aliphatic hydroxyl groups is 1. The number of carboxylic acid groups (broad SMARTS) is 1. The smallest absolute Gasteiger partial charge is 0.323 e. The number of aliphatic hydroxyl groups excluding tert-OH is 1. The number of aliphatic carboxylic acids is 1. The van der Waals surface area contributed by atoms with E-state index in [1.807, 2.05) is 60.7 Å². The van der Waals surface area contributed by atoms with Gasteiger partial charge < -0.3 is 29.2 Å². The molecule has 0 unspecified atom stereocenters. The SMILES string of the molecule is CO[C@@H]1O[C@H]([C@H](O)[C@H](C(=O)O)N(Cc2ccccc2)Cc2ccccc2)[C@H]2OC(C)(C)O[C@@H]12. The lowest BCUT2D eigenvalue weighted by Crippen LogP contribution is -2.55. The fourth-order valence-corrected chi connectivity index (χ4v) is 4.64. The molecule has 4 rings (SSSR count). The first-order valence-corrected chi connectivity index (χ1v) is 11.1. The number of fused-ring (bicyclic) bond motifs is 1. The first kappa shape index (κ1) is 23.8. The lowest BCUT2D eigenvalue weighted by Gasteiger charge is -2.35. The minimum absolute atomic E-state index is 0.334. The molecule has 0 bridgehead atoms. The fourth-order valence-electron chi connectivity index (χ4n) is 4.64. The van der Waals surface area contributed by atoms with Crippen molar-refractivity contribution in [3.63, 3.8) is 0 Å². The molecular weight excluding hydrogens is 426 g/mol. The number of hydrogen-bond acceptors (Lipinski definition) is 7. The molecule has 0 radical (unpaired) electrons. The van der Waals surface area contributed by atoms with Crippen molar-refractivity contribution >= 4 is 5.97 Å². The van der Waals surface area contributed by atoms with Crippen molar-refractivity contribution < 1.29 is 34.0 Å². The summed E-state index contributed by atoms with van der Waals surface area (Å²) in [4.78, 5) is 14.3. The van der Waals surface area contributed by atoms with Gasteiger partial charge in [-0.05, 0) is 25.0 Å². The van der Waals surface area contributed by atoms with Gasteiger partial charge in [0.05, 0.1) is 0 Å². The van der Waals surface area contributed by atoms with Gasteiger partial charge in [0.1, 0.15) is 30.5 Å². The zero-order valence-corrected chi connectivity index (χ0v) is 19.0. The summed E-state index contributed by atoms with van der Waals surface area (Å²) in [6.07, 6.45) is -4.30. The maximum absolute atomic E-state index is 12.5. The molecule has 2 aromatic rings. The maximum Gasteiger partial charge on any atom is 0.323 e. The molecule has 0 aromatic heterocycles. The predicted molar refractivity (Wildman–Crippen MR) is 119 cm³/mol. The van der Waals surface area contributed by atoms with Crippen LogP contribution in [0.25, 0.3) is 0 Å². The molecule has 2 aromatic carbocycles. The zero-order chi connectivity index (χ0) is 23.6. The fraction of sp³-hybridized carbons (Fsp3) is 0.480. The highest BCUT2D eigenvalue weighted by atomic mass is 16.8. The highest BCUT2D eigenvalue weighted by Crippen LogP contribution is 2.40. The van der Waals surface area contributed by atoms with E-state index in [0.29, 0.717) is 13.1 Å². The summed E-state index contributed by atoms with van der Waals surface area (Å²) in [5, 5.41) is 21.6. The molecule has 0 amide bonds. The molecule has 2 aliphatic heterocycles. The Bertz CT molecular complexity index is 881. The van der Waals surface area contributed by atoms with Gasteiger partial charge in [-0.1, -0.05) is 60.7 Å². The van der Waals surface area contributed by atoms with Crippen molar-refractivity contribution in [2.45, 2.75) is 69.5 Å². The first-order chi connectivity index (χ1) is 15.8. The average molecular weight is 458 g/mol. The van der Waals surface area contributed by atoms with E-state index in [4.69, 9.17) is 18.9 Å². The van der Waals surface area contributed by atoms with Crippen LogP contribution in [-0.2, 0) is 36.8 Å². The zero-order valence-electron chi connectivity index (χ0n) is 19.0. The molecule has 8 nitrogen and oxygen atoms in total. The van der Waals surface area contributed by atoms with Crippen molar-refractivity contribution in [3.8, 4) is 0 Å². The minimum atomic E-state index is -1.39. The van der Waals surface area contributed by atoms with E-state index in [-0.39, 0.29) is 0 Å². The molecule has 0 saturated carbocycles. The van der Waals surface area contributed by atoms with Crippen molar-refractivity contribution in [3.05, 3.63) is 71.8 Å². The summed E-state index contributed by atoms with van der Waals surface area (Å²) in [6.45, 7) is 4.21. The summed E-state index contributed by atoms with van der Waals surface area (Å²) in [7, 11) is 1.48. The standard InChI is InChI=1S/C25H31NO7/c1-25(2)32-21-20(31-24(30-3)22(21)33-25)19(27)18(23(28)29)26(14-16-10-6-4-7-11-16)15-17-12-8-5-9-13-17/h4-13,18-22,24,27H,14-15H2,1-3H3,(H,28,29)/t18-,19-,20-,21-,22-,24-/m1/s1. The van der Waals surface area contributed by atoms with Crippen LogP contribution in [0.2, 0.25) is 0 Å². The minimum Gasteiger partial charge on any atom is -0.480 e. The van der Waals surface area contributed by atoms with Gasteiger partial charge in [-0.2, -0.15) is 0 Å². The summed E-state index contributed by atoms with van der Waals surface area (Å²) in [5.74, 6) is -2.03. The van der Waals surface area contributed by atoms with E-state index < -0.39 is 48.5 Å². The number of carboxylic acids is 1. The number of nitrogens with zero attached hydrogens (tertiary/aromatic N) is 1. The Labute approximate surface area is 193 Å². The molecule has 0 spiro atoms. The van der Waals surface area contributed by atoms with Crippen molar-refractivity contribution in [2.75, 3.05) is 7.11 Å². The molecule has 2 N–H and O–H groups in total. The highest BCUT2D eigenvalue weighted by molar-refractivity contribution is 5.74. The monoisotopic (exact) mass is 457 g/mol. The summed E-state index contributed by atoms with van der Waals surface area (Å²) in [6, 6.07) is 17.9. The quantitative estimate of drug-likeness (QED) is 0.593. The lowest BCUT2D eigenvalue weighted by atomic mass is 9.97. The lowest BCUT2D eigenvalue weighted by molar-refractivity contribution is -0.240. The second kappa shape index (κ2) is 9.89. The van der Waals surface area contributed by atoms with E-state index in [0.717, 1.165) is 11.1 Å². The number of methoxy groups -OCH3 is 1. The van der Waals surface area contributed by atoms with Gasteiger partial charge in [0.2, 0.25) is 0 Å². The molecule has 178 valence electrons. The second-order valence-electron chi connectivity index (χ2n) is 8.92. The van der Waals surface area contributed by atoms with Crippen LogP contribution < -0.4 is 0 Å². The number of hydrogen-bond donors (Lipinski definition) is 2. The average Bonchev–Trinajstić information content (AvgIpc) is 3.27. The Morgan fingerprint density at radius 2 is 1.52 bits per heavy atom. The van der Waals surface area contributed by atoms with Crippen molar-refractivity contribution in [1.29, 1.82) is 0 Å². The van der Waals surface area contributed by atoms with Gasteiger partial charge in [0.25, 0.3) is 0 Å². The van der Waals surface area contributed by atoms with Crippen molar-refractivity contribution in [2.24, 2.45) is 0 Å². The van der Waals surface area contributed by atoms with E-state index in [1.54, 1.807) is 18.7 Å². The number of benzene rings is 2. The number of carbonyl (C=O) groups is 1. The van der Waals surface area contributed by atoms with Crippen LogP contribution in [0.4, 0.5) is 0 Å². The van der Waals surface area contributed by atoms with Crippen LogP contribution in [0.5, 0.6) is 0 Å². The Balaban J connectivity index is 1.63. The van der Waals surface area contributed by atoms with Gasteiger partial charge in [-0.15, -0.1) is 0 Å². The Morgan fingerprint density at radius 3 is 2.00 bits per heavy atom. The van der Waals surface area contributed by atoms with Gasteiger partial charge >= 0.3 is 5.97 Å². The van der Waals surface area contributed by atoms with Crippen LogP contribution >= 0.6 is 0 Å². The van der Waals surface area contributed by atoms with E-state index in [1.165, 1.54) is 7.11 Å². The highest BCUT2D eigenvalue weighted by Gasteiger charge is 2.59. The molecule has 0 aliphatic carbocycles. The normalized spacial score (nSPS) is 27.9. The van der Waals surface area contributed by atoms with E-state index in [2.05, 4.69) is 0 Å². The van der Waals surface area contributed by atoms with Crippen LogP contribution in [-0.4, -0.2) is 70.7 Å². The second-order valence-corrected chi connectivity index (χ2v) is 8.92. The first-order valence-electron chi connectivity index (χ1n) is 11.1. The van der Waals surface area contributed by atoms with Gasteiger partial charge in [0.15, 0.2) is 12.1 Å². The van der Waals surface area contributed by atoms with Crippen LogP contribution in [0.3, 0.4) is 0 Å². The molecular formula is C25H31NO7. The maximum atomic E-state index is 12.5. The Morgan fingerprint density at radius 1 is 1.00 bits per heavy atom. The molecule has 2 heterocycles. The summed E-state index contributed by atoms with van der Waals surface area (Å²) >= 11 is 0. The molecule has 2 fully saturated rings. The van der Waals surface area contributed by atoms with Crippen LogP contribution in [0.15, 0.2) is 60.7 Å². The number of ether oxygens (including phenoxy) is 4. The topological polar surface area (TPSA) is 97.7 Å². The third-order valence-corrected chi connectivity index (χ3v) is 6.04. The predicted octanol–water partition coefficient (Wildman–Crippen LogP) is 2.39. The van der Waals surface area contributed by atoms with Crippen molar-refractivity contribution in [1.82, 2.24) is 4.90 Å². The number of rotatable bonds is 9. The van der Waals surface area contributed by atoms with Crippen LogP contribution in [0.1, 0.15) is 25.0 Å². The van der Waals surface area contributed by atoms with E-state index in [9.17, 15) is 15.0 Å². The molecule has 6 atom stereocenters. The van der Waals surface area contributed by atoms with Gasteiger partial charge in [-0.3, -0.25) is 9.69 Å². The third kappa shape index (κ3) is 5.27. The van der Waals surface area contributed by atoms with Gasteiger partial charge in [-0.25, -0.2) is 0 Å². The molecule has 2 saturated heterocycles. The Hall–Kier alpha value is -2.33. The molecule has 8 heteroatoms. The van der Waals surface area contributed by atoms with Gasteiger partial charge in [0, 0.05) is 20.2 Å². The Kier molecular flexibility index (Phi) is 7.13. The molecule has 2 aliphatic rings. The largest absolute Gasteiger partial charge is 0.480 e. The van der Waals surface area contributed by atoms with E-state index >= 15 is 0 Å². The molecule has 33 heavy (non-hydrogen) atoms. The third-order valence-electron chi connectivity index (χ3n) is 6.04. The van der Waals surface area contributed by atoms with Crippen LogP contribution in [0, 0.1) is 0 Å².